The number of esters is 1. The van der Waals surface area contributed by atoms with Crippen molar-refractivity contribution in [1.82, 2.24) is 9.97 Å². The molecule has 0 aliphatic heterocycles. The number of hydrogen-bond donors (Lipinski definition) is 2. The van der Waals surface area contributed by atoms with Crippen LogP contribution in [0.1, 0.15) is 89.4 Å². The van der Waals surface area contributed by atoms with E-state index in [4.69, 9.17) is 4.74 Å². The van der Waals surface area contributed by atoms with E-state index in [1.807, 2.05) is 0 Å². The Morgan fingerprint density at radius 2 is 1.53 bits per heavy atom. The molecular formula is C39H44N2O2. The maximum absolute atomic E-state index is 13.4. The number of para-hydroxylation sites is 2. The van der Waals surface area contributed by atoms with E-state index in [1.165, 1.54) is 57.2 Å². The number of aromatic nitrogens is 2. The molecule has 0 radical (unpaired) electrons. The van der Waals surface area contributed by atoms with Gasteiger partial charge in [0.05, 0.1) is 12.5 Å². The van der Waals surface area contributed by atoms with Crippen molar-refractivity contribution in [2.75, 3.05) is 7.11 Å². The summed E-state index contributed by atoms with van der Waals surface area (Å²) in [5, 5.41) is 2.70. The van der Waals surface area contributed by atoms with Crippen LogP contribution >= 0.6 is 0 Å². The molecule has 3 fully saturated rings. The molecule has 10 rings (SSSR count). The Kier molecular flexibility index (Phi) is 5.15. The summed E-state index contributed by atoms with van der Waals surface area (Å²) < 4.78 is 5.51. The van der Waals surface area contributed by atoms with E-state index in [0.717, 1.165) is 25.7 Å². The number of methoxy groups -OCH3 is 1. The SMILES string of the molecule is COC(=O)[C@]1(C)CCC[C@]2(C)[C@H]3C[C@H]4C(C(C)C)=C[C@]3(CC[C@H]21)[C@@H]1c2[nH]c3ccccc3c2-c2c([nH]c3ccccc23)[C@@H]14. The van der Waals surface area contributed by atoms with Crippen LogP contribution in [0, 0.1) is 39.9 Å². The molecule has 2 N–H and O–H groups in total. The van der Waals surface area contributed by atoms with E-state index in [0.29, 0.717) is 35.5 Å². The van der Waals surface area contributed by atoms with Gasteiger partial charge in [-0.2, -0.15) is 0 Å². The molecular weight excluding hydrogens is 528 g/mol. The predicted octanol–water partition coefficient (Wildman–Crippen LogP) is 9.50. The van der Waals surface area contributed by atoms with Crippen molar-refractivity contribution >= 4 is 27.8 Å². The third-order valence-electron chi connectivity index (χ3n) is 13.7. The van der Waals surface area contributed by atoms with E-state index >= 15 is 0 Å². The first-order valence-corrected chi connectivity index (χ1v) is 16.8. The maximum Gasteiger partial charge on any atom is 0.311 e. The van der Waals surface area contributed by atoms with E-state index in [1.54, 1.807) is 12.7 Å². The largest absolute Gasteiger partial charge is 0.469 e. The van der Waals surface area contributed by atoms with Crippen LogP contribution in [-0.4, -0.2) is 23.0 Å². The minimum absolute atomic E-state index is 0.00918. The molecule has 2 heterocycles. The number of H-pyrrole nitrogens is 2. The highest BCUT2D eigenvalue weighted by Crippen LogP contribution is 2.78. The van der Waals surface area contributed by atoms with Crippen LogP contribution in [-0.2, 0) is 9.53 Å². The quantitative estimate of drug-likeness (QED) is 0.186. The van der Waals surface area contributed by atoms with Crippen LogP contribution < -0.4 is 0 Å². The number of hydrogen-bond acceptors (Lipinski definition) is 2. The second-order valence-corrected chi connectivity index (χ2v) is 15.6. The Labute approximate surface area is 254 Å². The molecule has 4 aromatic rings. The van der Waals surface area contributed by atoms with Crippen molar-refractivity contribution in [2.45, 2.75) is 78.1 Å². The molecule has 222 valence electrons. The van der Waals surface area contributed by atoms with Gasteiger partial charge in [-0.25, -0.2) is 0 Å². The van der Waals surface area contributed by atoms with Crippen molar-refractivity contribution in [2.24, 2.45) is 39.9 Å². The molecule has 4 nitrogen and oxygen atoms in total. The van der Waals surface area contributed by atoms with Gasteiger partial charge in [0.15, 0.2) is 0 Å². The van der Waals surface area contributed by atoms with Crippen molar-refractivity contribution in [3.8, 4) is 11.1 Å². The van der Waals surface area contributed by atoms with Gasteiger partial charge >= 0.3 is 5.97 Å². The average Bonchev–Trinajstić information content (AvgIpc) is 3.58. The van der Waals surface area contributed by atoms with Gasteiger partial charge in [0.2, 0.25) is 0 Å². The lowest BCUT2D eigenvalue weighted by Gasteiger charge is -2.70. The van der Waals surface area contributed by atoms with E-state index in [9.17, 15) is 4.79 Å². The smallest absolute Gasteiger partial charge is 0.311 e. The number of aromatic amines is 2. The number of rotatable bonds is 2. The Morgan fingerprint density at radius 3 is 2.21 bits per heavy atom. The van der Waals surface area contributed by atoms with Gasteiger partial charge in [-0.05, 0) is 80.2 Å². The second-order valence-electron chi connectivity index (χ2n) is 15.6. The predicted molar refractivity (Wildman–Crippen MR) is 173 cm³/mol. The summed E-state index contributed by atoms with van der Waals surface area (Å²) in [6.07, 6.45) is 9.54. The number of allylic oxidation sites excluding steroid dienone is 2. The second kappa shape index (κ2) is 8.46. The molecule has 0 saturated heterocycles. The topological polar surface area (TPSA) is 57.9 Å². The van der Waals surface area contributed by atoms with Crippen molar-refractivity contribution in [3.05, 3.63) is 71.6 Å². The van der Waals surface area contributed by atoms with Gasteiger partial charge in [0.25, 0.3) is 0 Å². The molecule has 0 amide bonds. The summed E-state index contributed by atoms with van der Waals surface area (Å²) in [4.78, 5) is 21.5. The van der Waals surface area contributed by atoms with E-state index in [-0.39, 0.29) is 16.8 Å². The molecule has 6 aliphatic rings. The van der Waals surface area contributed by atoms with E-state index < -0.39 is 5.41 Å². The molecule has 43 heavy (non-hydrogen) atoms. The number of carbonyl (C=O) groups excluding carboxylic acids is 1. The summed E-state index contributed by atoms with van der Waals surface area (Å²) in [5.74, 6) is 2.75. The monoisotopic (exact) mass is 572 g/mol. The van der Waals surface area contributed by atoms with Gasteiger partial charge in [-0.15, -0.1) is 0 Å². The van der Waals surface area contributed by atoms with Crippen molar-refractivity contribution in [3.63, 3.8) is 0 Å². The molecule has 2 aromatic carbocycles. The zero-order chi connectivity index (χ0) is 29.5. The van der Waals surface area contributed by atoms with Crippen molar-refractivity contribution in [1.29, 1.82) is 0 Å². The van der Waals surface area contributed by atoms with E-state index in [2.05, 4.69) is 92.3 Å². The number of carbonyl (C=O) groups is 1. The Hall–Kier alpha value is -3.27. The fourth-order valence-corrected chi connectivity index (χ4v) is 12.2. The zero-order valence-electron chi connectivity index (χ0n) is 26.2. The van der Waals surface area contributed by atoms with Gasteiger partial charge in [0, 0.05) is 61.6 Å². The lowest BCUT2D eigenvalue weighted by molar-refractivity contribution is -0.188. The average molecular weight is 573 g/mol. The standard InChI is InChI=1S/C39H44N2O2/c1-21(2)25-20-39-18-15-28-37(3,16-10-17-38(28,4)36(42)43-5)29(39)19-24(25)32-33(39)35-31(23-12-7-9-14-27(23)41-35)30-22-11-6-8-13-26(22)40-34(30)32/h6-9,11-14,20-21,24,28-29,32-33,40-41H,10,15-19H2,1-5H3/t24-,28+,29+,32+,33-,37-,38+,39-/m0/s1. The van der Waals surface area contributed by atoms with Crippen LogP contribution in [0.2, 0.25) is 0 Å². The highest BCUT2D eigenvalue weighted by Gasteiger charge is 2.70. The number of fused-ring (bicyclic) bond motifs is 8. The molecule has 2 bridgehead atoms. The normalized spacial score (nSPS) is 37.3. The minimum Gasteiger partial charge on any atom is -0.469 e. The Morgan fingerprint density at radius 1 is 0.884 bits per heavy atom. The molecule has 0 unspecified atom stereocenters. The first kappa shape index (κ1) is 26.2. The Balaban J connectivity index is 1.32. The van der Waals surface area contributed by atoms with Gasteiger partial charge < -0.3 is 14.7 Å². The molecule has 6 aliphatic carbocycles. The zero-order valence-corrected chi connectivity index (χ0v) is 26.2. The third kappa shape index (κ3) is 3.01. The highest BCUT2D eigenvalue weighted by atomic mass is 16.5. The van der Waals surface area contributed by atoms with Gasteiger partial charge in [-0.3, -0.25) is 4.79 Å². The number of nitrogens with one attached hydrogen (secondary N) is 2. The van der Waals surface area contributed by atoms with Crippen molar-refractivity contribution < 1.29 is 9.53 Å². The third-order valence-corrected chi connectivity index (χ3v) is 13.7. The number of benzene rings is 2. The lowest BCUT2D eigenvalue weighted by atomic mass is 9.33. The molecule has 1 spiro atoms. The fraction of sp³-hybridized carbons (Fsp3) is 0.513. The minimum atomic E-state index is -0.396. The molecule has 3 saturated carbocycles. The van der Waals surface area contributed by atoms with Crippen LogP contribution in [0.4, 0.5) is 0 Å². The molecule has 4 heteroatoms. The summed E-state index contributed by atoms with van der Waals surface area (Å²) in [5.41, 5.74) is 9.75. The molecule has 8 atom stereocenters. The number of ether oxygens (including phenoxy) is 1. The first-order valence-electron chi connectivity index (χ1n) is 16.8. The maximum atomic E-state index is 13.4. The van der Waals surface area contributed by atoms with Gasteiger partial charge in [-0.1, -0.05) is 75.2 Å². The van der Waals surface area contributed by atoms with Crippen LogP contribution in [0.5, 0.6) is 0 Å². The lowest BCUT2D eigenvalue weighted by Crippen LogP contribution is -2.63. The van der Waals surface area contributed by atoms with Gasteiger partial charge in [0.1, 0.15) is 0 Å². The fourth-order valence-electron chi connectivity index (χ4n) is 12.2. The van der Waals surface area contributed by atoms with Crippen LogP contribution in [0.15, 0.2) is 60.2 Å². The molecule has 2 aromatic heterocycles. The summed E-state index contributed by atoms with van der Waals surface area (Å²) >= 11 is 0. The summed E-state index contributed by atoms with van der Waals surface area (Å²) in [6.45, 7) is 9.63. The Bertz CT molecular complexity index is 1860. The van der Waals surface area contributed by atoms with Crippen LogP contribution in [0.3, 0.4) is 0 Å². The first-order chi connectivity index (χ1) is 20.7. The summed E-state index contributed by atoms with van der Waals surface area (Å²) in [6, 6.07) is 17.9. The van der Waals surface area contributed by atoms with Crippen LogP contribution in [0.25, 0.3) is 32.9 Å². The highest BCUT2D eigenvalue weighted by molar-refractivity contribution is 6.08. The summed E-state index contributed by atoms with van der Waals surface area (Å²) in [7, 11) is 1.59.